The van der Waals surface area contributed by atoms with Crippen molar-refractivity contribution in [2.24, 2.45) is 5.73 Å². The Morgan fingerprint density at radius 2 is 2.00 bits per heavy atom. The summed E-state index contributed by atoms with van der Waals surface area (Å²) < 4.78 is 5.88. The lowest BCUT2D eigenvalue weighted by Crippen LogP contribution is -2.22. The average molecular weight is 256 g/mol. The van der Waals surface area contributed by atoms with E-state index in [9.17, 15) is 0 Å². The minimum atomic E-state index is 0.134. The van der Waals surface area contributed by atoms with Crippen LogP contribution in [0, 0.1) is 0 Å². The number of hydrogen-bond donors (Lipinski definition) is 1. The molecule has 2 atom stereocenters. The van der Waals surface area contributed by atoms with Crippen molar-refractivity contribution in [2.75, 3.05) is 0 Å². The van der Waals surface area contributed by atoms with Gasteiger partial charge >= 0.3 is 0 Å². The standard InChI is InChI=1S/C14H22ClNO/c1-4-10(3)17-14-8-6-7-13(15)12(14)9-11(16)5-2/h6-8,10-11H,4-5,9,16H2,1-3H3. The predicted octanol–water partition coefficient (Wildman–Crippen LogP) is 3.80. The largest absolute Gasteiger partial charge is 0.490 e. The zero-order valence-electron chi connectivity index (χ0n) is 10.9. The van der Waals surface area contributed by atoms with Crippen LogP contribution in [0.2, 0.25) is 5.02 Å². The van der Waals surface area contributed by atoms with Crippen molar-refractivity contribution in [1.29, 1.82) is 0 Å². The van der Waals surface area contributed by atoms with Crippen LogP contribution in [-0.4, -0.2) is 12.1 Å². The normalized spacial score (nSPS) is 14.4. The van der Waals surface area contributed by atoms with Gasteiger partial charge in [0.1, 0.15) is 5.75 Å². The summed E-state index contributed by atoms with van der Waals surface area (Å²) in [6.07, 6.45) is 2.88. The van der Waals surface area contributed by atoms with Crippen LogP contribution in [0.3, 0.4) is 0 Å². The van der Waals surface area contributed by atoms with Gasteiger partial charge in [-0.2, -0.15) is 0 Å². The highest BCUT2D eigenvalue weighted by molar-refractivity contribution is 6.31. The summed E-state index contributed by atoms with van der Waals surface area (Å²) in [6, 6.07) is 5.91. The molecule has 96 valence electrons. The highest BCUT2D eigenvalue weighted by Gasteiger charge is 2.13. The summed E-state index contributed by atoms with van der Waals surface area (Å²) in [5.74, 6) is 0.871. The molecule has 1 aromatic rings. The Morgan fingerprint density at radius 3 is 2.59 bits per heavy atom. The van der Waals surface area contributed by atoms with Gasteiger partial charge in [-0.1, -0.05) is 31.5 Å². The summed E-state index contributed by atoms with van der Waals surface area (Å²) >= 11 is 6.22. The van der Waals surface area contributed by atoms with Crippen LogP contribution in [0.25, 0.3) is 0 Å². The predicted molar refractivity (Wildman–Crippen MR) is 73.8 cm³/mol. The summed E-state index contributed by atoms with van der Waals surface area (Å²) in [4.78, 5) is 0. The van der Waals surface area contributed by atoms with Gasteiger partial charge in [-0.3, -0.25) is 0 Å². The smallest absolute Gasteiger partial charge is 0.124 e. The monoisotopic (exact) mass is 255 g/mol. The maximum absolute atomic E-state index is 6.22. The number of ether oxygens (including phenoxy) is 1. The van der Waals surface area contributed by atoms with Gasteiger partial charge < -0.3 is 10.5 Å². The van der Waals surface area contributed by atoms with E-state index in [-0.39, 0.29) is 12.1 Å². The van der Waals surface area contributed by atoms with Crippen molar-refractivity contribution >= 4 is 11.6 Å². The summed E-state index contributed by atoms with van der Waals surface area (Å²) in [6.45, 7) is 6.24. The van der Waals surface area contributed by atoms with Gasteiger partial charge in [0, 0.05) is 16.6 Å². The van der Waals surface area contributed by atoms with E-state index in [4.69, 9.17) is 22.1 Å². The van der Waals surface area contributed by atoms with E-state index in [1.54, 1.807) is 0 Å². The molecule has 1 aromatic carbocycles. The van der Waals surface area contributed by atoms with E-state index >= 15 is 0 Å². The molecule has 0 aromatic heterocycles. The van der Waals surface area contributed by atoms with Gasteiger partial charge in [-0.25, -0.2) is 0 Å². The molecule has 0 amide bonds. The molecule has 0 aliphatic heterocycles. The first-order valence-electron chi connectivity index (χ1n) is 6.28. The first-order chi connectivity index (χ1) is 8.08. The number of benzene rings is 1. The van der Waals surface area contributed by atoms with Crippen molar-refractivity contribution in [3.05, 3.63) is 28.8 Å². The fourth-order valence-electron chi connectivity index (χ4n) is 1.55. The second-order valence-electron chi connectivity index (χ2n) is 4.43. The van der Waals surface area contributed by atoms with Gasteiger partial charge in [0.05, 0.1) is 6.10 Å². The molecule has 2 N–H and O–H groups in total. The van der Waals surface area contributed by atoms with Crippen LogP contribution in [0.4, 0.5) is 0 Å². The zero-order valence-corrected chi connectivity index (χ0v) is 11.6. The Labute approximate surface area is 109 Å². The third-order valence-electron chi connectivity index (χ3n) is 2.97. The van der Waals surface area contributed by atoms with E-state index in [2.05, 4.69) is 20.8 Å². The lowest BCUT2D eigenvalue weighted by atomic mass is 10.0. The second-order valence-corrected chi connectivity index (χ2v) is 4.83. The second kappa shape index (κ2) is 6.87. The van der Waals surface area contributed by atoms with Gasteiger partial charge in [-0.15, -0.1) is 0 Å². The van der Waals surface area contributed by atoms with Crippen LogP contribution in [0.15, 0.2) is 18.2 Å². The lowest BCUT2D eigenvalue weighted by Gasteiger charge is -2.18. The van der Waals surface area contributed by atoms with E-state index in [0.717, 1.165) is 35.6 Å². The summed E-state index contributed by atoms with van der Waals surface area (Å²) in [5.41, 5.74) is 7.02. The molecule has 2 nitrogen and oxygen atoms in total. The van der Waals surface area contributed by atoms with Crippen LogP contribution >= 0.6 is 11.6 Å². The van der Waals surface area contributed by atoms with Gasteiger partial charge in [0.2, 0.25) is 0 Å². The van der Waals surface area contributed by atoms with E-state index in [1.165, 1.54) is 0 Å². The van der Waals surface area contributed by atoms with Crippen molar-refractivity contribution in [3.63, 3.8) is 0 Å². The fourth-order valence-corrected chi connectivity index (χ4v) is 1.80. The summed E-state index contributed by atoms with van der Waals surface area (Å²) in [5, 5.41) is 0.745. The molecule has 1 rings (SSSR count). The molecule has 0 saturated carbocycles. The van der Waals surface area contributed by atoms with Gasteiger partial charge in [0.15, 0.2) is 0 Å². The zero-order chi connectivity index (χ0) is 12.8. The minimum absolute atomic E-state index is 0.134. The molecule has 0 bridgehead atoms. The Kier molecular flexibility index (Phi) is 5.79. The quantitative estimate of drug-likeness (QED) is 0.839. The van der Waals surface area contributed by atoms with Gasteiger partial charge in [-0.05, 0) is 38.3 Å². The van der Waals surface area contributed by atoms with Crippen molar-refractivity contribution in [2.45, 2.75) is 52.2 Å². The highest BCUT2D eigenvalue weighted by atomic mass is 35.5. The molecule has 0 heterocycles. The average Bonchev–Trinajstić information content (AvgIpc) is 2.33. The lowest BCUT2D eigenvalue weighted by molar-refractivity contribution is 0.215. The number of halogens is 1. The topological polar surface area (TPSA) is 35.2 Å². The molecule has 0 saturated heterocycles. The van der Waals surface area contributed by atoms with Crippen LogP contribution < -0.4 is 10.5 Å². The SMILES string of the molecule is CCC(N)Cc1c(Cl)cccc1OC(C)CC. The maximum Gasteiger partial charge on any atom is 0.124 e. The number of hydrogen-bond acceptors (Lipinski definition) is 2. The number of nitrogens with two attached hydrogens (primary N) is 1. The van der Waals surface area contributed by atoms with Crippen molar-refractivity contribution in [1.82, 2.24) is 0 Å². The summed E-state index contributed by atoms with van der Waals surface area (Å²) in [7, 11) is 0. The van der Waals surface area contributed by atoms with E-state index in [1.807, 2.05) is 18.2 Å². The molecule has 2 unspecified atom stereocenters. The third kappa shape index (κ3) is 4.21. The van der Waals surface area contributed by atoms with E-state index < -0.39 is 0 Å². The first-order valence-corrected chi connectivity index (χ1v) is 6.65. The van der Waals surface area contributed by atoms with Crippen LogP contribution in [0.1, 0.15) is 39.2 Å². The van der Waals surface area contributed by atoms with Gasteiger partial charge in [0.25, 0.3) is 0 Å². The van der Waals surface area contributed by atoms with E-state index in [0.29, 0.717) is 0 Å². The van der Waals surface area contributed by atoms with Crippen LogP contribution in [-0.2, 0) is 6.42 Å². The maximum atomic E-state index is 6.22. The molecule has 0 fully saturated rings. The number of rotatable bonds is 6. The Hall–Kier alpha value is -0.730. The Morgan fingerprint density at radius 1 is 1.29 bits per heavy atom. The fraction of sp³-hybridized carbons (Fsp3) is 0.571. The molecule has 17 heavy (non-hydrogen) atoms. The van der Waals surface area contributed by atoms with Crippen molar-refractivity contribution in [3.8, 4) is 5.75 Å². The third-order valence-corrected chi connectivity index (χ3v) is 3.32. The molecule has 0 spiro atoms. The molecule has 0 radical (unpaired) electrons. The first kappa shape index (κ1) is 14.3. The Balaban J connectivity index is 2.91. The Bertz CT molecular complexity index is 354. The molecule has 3 heteroatoms. The molecular weight excluding hydrogens is 234 g/mol. The molecule has 0 aliphatic carbocycles. The molecule has 0 aliphatic rings. The van der Waals surface area contributed by atoms with Crippen molar-refractivity contribution < 1.29 is 4.74 Å². The minimum Gasteiger partial charge on any atom is -0.490 e. The molecular formula is C14H22ClNO. The highest BCUT2D eigenvalue weighted by Crippen LogP contribution is 2.29. The van der Waals surface area contributed by atoms with Crippen LogP contribution in [0.5, 0.6) is 5.75 Å².